The maximum Gasteiger partial charge on any atom is 0.129 e. The van der Waals surface area contributed by atoms with Crippen LogP contribution in [0.25, 0.3) is 0 Å². The zero-order valence-electron chi connectivity index (χ0n) is 18.4. The van der Waals surface area contributed by atoms with Gasteiger partial charge in [-0.05, 0) is 74.1 Å². The molecule has 0 bridgehead atoms. The quantitative estimate of drug-likeness (QED) is 0.363. The fourth-order valence-electron chi connectivity index (χ4n) is 5.06. The molecule has 1 aromatic rings. The average molecular weight is 401 g/mol. The van der Waals surface area contributed by atoms with E-state index in [1.54, 1.807) is 0 Å². The van der Waals surface area contributed by atoms with E-state index < -0.39 is 11.6 Å². The highest BCUT2D eigenvalue weighted by Crippen LogP contribution is 2.39. The molecule has 1 saturated carbocycles. The van der Waals surface area contributed by atoms with Crippen LogP contribution in [0.4, 0.5) is 8.78 Å². The van der Waals surface area contributed by atoms with Gasteiger partial charge in [0.1, 0.15) is 11.6 Å². The summed E-state index contributed by atoms with van der Waals surface area (Å²) in [4.78, 5) is 0. The van der Waals surface area contributed by atoms with Gasteiger partial charge in [-0.2, -0.15) is 0 Å². The summed E-state index contributed by atoms with van der Waals surface area (Å²) < 4.78 is 27.8. The summed E-state index contributed by atoms with van der Waals surface area (Å²) >= 11 is 0. The van der Waals surface area contributed by atoms with Gasteiger partial charge in [0.05, 0.1) is 0 Å². The van der Waals surface area contributed by atoms with Crippen LogP contribution in [0.1, 0.15) is 101 Å². The molecular weight excluding hydrogens is 362 g/mol. The smallest absolute Gasteiger partial charge is 0.129 e. The van der Waals surface area contributed by atoms with Gasteiger partial charge < -0.3 is 0 Å². The maximum atomic E-state index is 13.9. The Morgan fingerprint density at radius 3 is 2.17 bits per heavy atom. The molecule has 0 radical (unpaired) electrons. The van der Waals surface area contributed by atoms with Crippen LogP contribution >= 0.6 is 0 Å². The van der Waals surface area contributed by atoms with E-state index in [0.717, 1.165) is 17.9 Å². The normalized spacial score (nSPS) is 24.6. The molecule has 0 aliphatic heterocycles. The van der Waals surface area contributed by atoms with Crippen molar-refractivity contribution in [3.05, 3.63) is 58.7 Å². The lowest BCUT2D eigenvalue weighted by atomic mass is 9.75. The Morgan fingerprint density at radius 2 is 1.55 bits per heavy atom. The zero-order chi connectivity index (χ0) is 20.6. The Kier molecular flexibility index (Phi) is 8.51. The second-order valence-electron chi connectivity index (χ2n) is 9.29. The van der Waals surface area contributed by atoms with Crippen molar-refractivity contribution in [1.82, 2.24) is 0 Å². The fraction of sp³-hybridized carbons (Fsp3) is 0.630. The minimum absolute atomic E-state index is 0.0902. The van der Waals surface area contributed by atoms with Crippen molar-refractivity contribution in [3.63, 3.8) is 0 Å². The first-order valence-electron chi connectivity index (χ1n) is 11.9. The first-order valence-corrected chi connectivity index (χ1v) is 11.9. The van der Waals surface area contributed by atoms with E-state index in [1.165, 1.54) is 95.3 Å². The van der Waals surface area contributed by atoms with Crippen molar-refractivity contribution >= 4 is 0 Å². The summed E-state index contributed by atoms with van der Waals surface area (Å²) in [5.41, 5.74) is 2.31. The molecule has 1 unspecified atom stereocenters. The van der Waals surface area contributed by atoms with E-state index in [2.05, 4.69) is 25.2 Å². The molecule has 0 N–H and O–H groups in total. The Balaban J connectivity index is 1.42. The third-order valence-corrected chi connectivity index (χ3v) is 7.14. The molecular formula is C27H38F2. The van der Waals surface area contributed by atoms with Crippen molar-refractivity contribution in [3.8, 4) is 0 Å². The van der Waals surface area contributed by atoms with Crippen molar-refractivity contribution in [2.24, 2.45) is 11.8 Å². The molecule has 0 spiro atoms. The van der Waals surface area contributed by atoms with E-state index in [1.807, 2.05) is 0 Å². The predicted molar refractivity (Wildman–Crippen MR) is 119 cm³/mol. The van der Waals surface area contributed by atoms with Crippen molar-refractivity contribution in [2.75, 3.05) is 0 Å². The van der Waals surface area contributed by atoms with Gasteiger partial charge >= 0.3 is 0 Å². The highest BCUT2D eigenvalue weighted by atomic mass is 19.1. The third-order valence-electron chi connectivity index (χ3n) is 7.14. The van der Waals surface area contributed by atoms with Crippen LogP contribution in [0.15, 0.2) is 35.9 Å². The van der Waals surface area contributed by atoms with Crippen LogP contribution < -0.4 is 0 Å². The fourth-order valence-corrected chi connectivity index (χ4v) is 5.06. The first kappa shape index (κ1) is 22.2. The number of hydrogen-bond acceptors (Lipinski definition) is 0. The maximum absolute atomic E-state index is 13.9. The van der Waals surface area contributed by atoms with Gasteiger partial charge in [0.2, 0.25) is 0 Å². The number of rotatable bonds is 9. The van der Waals surface area contributed by atoms with Gasteiger partial charge in [-0.1, -0.05) is 70.1 Å². The number of hydrogen-bond donors (Lipinski definition) is 0. The monoisotopic (exact) mass is 400 g/mol. The molecule has 0 nitrogen and oxygen atoms in total. The third kappa shape index (κ3) is 6.27. The summed E-state index contributed by atoms with van der Waals surface area (Å²) in [7, 11) is 0. The molecule has 29 heavy (non-hydrogen) atoms. The lowest BCUT2D eigenvalue weighted by molar-refractivity contribution is 0.282. The molecule has 1 atom stereocenters. The SMILES string of the molecule is CCCCCCCCC1CCC(C2=CCC(c3cc(F)c(C)c(F)c3)C=C2)CC1. The summed E-state index contributed by atoms with van der Waals surface area (Å²) in [5.74, 6) is 0.822. The second kappa shape index (κ2) is 11.1. The summed E-state index contributed by atoms with van der Waals surface area (Å²) in [6.45, 7) is 3.77. The van der Waals surface area contributed by atoms with E-state index in [0.29, 0.717) is 5.92 Å². The van der Waals surface area contributed by atoms with Crippen LogP contribution in [-0.4, -0.2) is 0 Å². The number of benzene rings is 1. The highest BCUT2D eigenvalue weighted by Gasteiger charge is 2.24. The van der Waals surface area contributed by atoms with Crippen LogP contribution in [0.5, 0.6) is 0 Å². The van der Waals surface area contributed by atoms with Gasteiger partial charge in [0, 0.05) is 11.5 Å². The predicted octanol–water partition coefficient (Wildman–Crippen LogP) is 8.80. The van der Waals surface area contributed by atoms with Gasteiger partial charge in [0.25, 0.3) is 0 Å². The van der Waals surface area contributed by atoms with Crippen molar-refractivity contribution < 1.29 is 8.78 Å². The molecule has 0 heterocycles. The summed E-state index contributed by atoms with van der Waals surface area (Å²) in [6, 6.07) is 3.00. The molecule has 2 aliphatic rings. The minimum Gasteiger partial charge on any atom is -0.207 e. The highest BCUT2D eigenvalue weighted by molar-refractivity contribution is 5.36. The Hall–Kier alpha value is -1.44. The van der Waals surface area contributed by atoms with Gasteiger partial charge in [0.15, 0.2) is 0 Å². The lowest BCUT2D eigenvalue weighted by Crippen LogP contribution is -2.17. The van der Waals surface area contributed by atoms with Crippen molar-refractivity contribution in [1.29, 1.82) is 0 Å². The minimum atomic E-state index is -0.438. The topological polar surface area (TPSA) is 0 Å². The average Bonchev–Trinajstić information content (AvgIpc) is 2.75. The largest absolute Gasteiger partial charge is 0.207 e. The van der Waals surface area contributed by atoms with Gasteiger partial charge in [-0.3, -0.25) is 0 Å². The molecule has 0 aromatic heterocycles. The zero-order valence-corrected chi connectivity index (χ0v) is 18.4. The molecule has 160 valence electrons. The van der Waals surface area contributed by atoms with Crippen molar-refractivity contribution in [2.45, 2.75) is 96.8 Å². The Bertz CT molecular complexity index is 684. The van der Waals surface area contributed by atoms with Crippen LogP contribution in [-0.2, 0) is 0 Å². The van der Waals surface area contributed by atoms with Gasteiger partial charge in [-0.25, -0.2) is 8.78 Å². The Morgan fingerprint density at radius 1 is 0.897 bits per heavy atom. The van der Waals surface area contributed by atoms with Crippen LogP contribution in [0.2, 0.25) is 0 Å². The van der Waals surface area contributed by atoms with E-state index in [4.69, 9.17) is 0 Å². The molecule has 0 amide bonds. The molecule has 2 aliphatic carbocycles. The second-order valence-corrected chi connectivity index (χ2v) is 9.29. The van der Waals surface area contributed by atoms with Crippen LogP contribution in [0.3, 0.4) is 0 Å². The number of unbranched alkanes of at least 4 members (excludes halogenated alkanes) is 5. The van der Waals surface area contributed by atoms with Gasteiger partial charge in [-0.15, -0.1) is 0 Å². The molecule has 0 saturated heterocycles. The van der Waals surface area contributed by atoms with E-state index in [-0.39, 0.29) is 11.5 Å². The van der Waals surface area contributed by atoms with E-state index >= 15 is 0 Å². The Labute approximate surface area is 176 Å². The standard InChI is InChI=1S/C27H38F2/c1-3-4-5-6-7-8-9-21-10-12-22(13-11-21)23-14-16-24(17-15-23)25-18-26(28)20(2)27(29)19-25/h14-16,18-19,21-22,24H,3-13,17H2,1-2H3. The number of halogens is 2. The number of allylic oxidation sites excluding steroid dienone is 4. The summed E-state index contributed by atoms with van der Waals surface area (Å²) in [6.07, 6.45) is 22.7. The molecule has 2 heteroatoms. The van der Waals surface area contributed by atoms with Crippen LogP contribution in [0, 0.1) is 30.4 Å². The molecule has 1 aromatic carbocycles. The molecule has 3 rings (SSSR count). The lowest BCUT2D eigenvalue weighted by Gasteiger charge is -2.31. The van der Waals surface area contributed by atoms with E-state index in [9.17, 15) is 8.78 Å². The summed E-state index contributed by atoms with van der Waals surface area (Å²) in [5, 5.41) is 0. The molecule has 1 fully saturated rings. The first-order chi connectivity index (χ1) is 14.1.